The molecule has 0 aliphatic carbocycles. The lowest BCUT2D eigenvalue weighted by molar-refractivity contribution is -0.134. The predicted molar refractivity (Wildman–Crippen MR) is 137 cm³/mol. The average molecular weight is 523 g/mol. The smallest absolute Gasteiger partial charge is 0.325 e. The van der Waals surface area contributed by atoms with Crippen LogP contribution >= 0.6 is 11.3 Å². The van der Waals surface area contributed by atoms with Gasteiger partial charge in [-0.2, -0.15) is 0 Å². The van der Waals surface area contributed by atoms with Gasteiger partial charge in [-0.1, -0.05) is 49.4 Å². The lowest BCUT2D eigenvalue weighted by Gasteiger charge is -2.29. The molecular formula is C26H26N4O6S. The fourth-order valence-corrected chi connectivity index (χ4v) is 4.83. The van der Waals surface area contributed by atoms with Crippen LogP contribution in [0.25, 0.3) is 0 Å². The van der Waals surface area contributed by atoms with Crippen LogP contribution in [-0.2, 0) is 9.59 Å². The first kappa shape index (κ1) is 26.0. The monoisotopic (exact) mass is 522 g/mol. The van der Waals surface area contributed by atoms with Crippen LogP contribution < -0.4 is 15.4 Å². The number of benzene rings is 2. The molecule has 4 amide bonds. The number of carbonyl (C=O) groups excluding carboxylic acids is 4. The average Bonchev–Trinajstić information content (AvgIpc) is 3.48. The van der Waals surface area contributed by atoms with Crippen molar-refractivity contribution in [3.8, 4) is 5.75 Å². The van der Waals surface area contributed by atoms with Crippen molar-refractivity contribution >= 4 is 40.1 Å². The molecule has 192 valence electrons. The van der Waals surface area contributed by atoms with Gasteiger partial charge in [0.1, 0.15) is 30.1 Å². The van der Waals surface area contributed by atoms with Crippen LogP contribution in [0, 0.1) is 0 Å². The Hall–Kier alpha value is -4.09. The quantitative estimate of drug-likeness (QED) is 0.275. The summed E-state index contributed by atoms with van der Waals surface area (Å²) in [6, 6.07) is 12.8. The Morgan fingerprint density at radius 2 is 1.86 bits per heavy atom. The maximum absolute atomic E-state index is 13.5. The summed E-state index contributed by atoms with van der Waals surface area (Å²) >= 11 is 1.08. The highest BCUT2D eigenvalue weighted by Gasteiger charge is 2.47. The minimum absolute atomic E-state index is 0.131. The van der Waals surface area contributed by atoms with E-state index in [-0.39, 0.29) is 29.8 Å². The number of thiazole rings is 1. The number of ketones is 1. The third-order valence-corrected chi connectivity index (χ3v) is 6.74. The van der Waals surface area contributed by atoms with Crippen LogP contribution in [0.4, 0.5) is 9.93 Å². The Morgan fingerprint density at radius 3 is 2.49 bits per heavy atom. The van der Waals surface area contributed by atoms with Gasteiger partial charge in [0.2, 0.25) is 5.91 Å². The number of imide groups is 1. The standard InChI is InChI=1S/C26H26N4O6S/c1-15(17-6-4-3-5-7-17)22(23(33)29-25-27-20(14-37-25)16(2)32)30-24(34)21(28-26(30)35)18-8-10-19(11-9-18)36-13-12-31/h3-11,14-15,21-22,31H,12-13H2,1-2H3,(H,28,35)(H,27,29,33)/t15-,21?,22-/m0/s1. The predicted octanol–water partition coefficient (Wildman–Crippen LogP) is 3.12. The van der Waals surface area contributed by atoms with Crippen molar-refractivity contribution < 1.29 is 29.0 Å². The molecule has 1 fully saturated rings. The summed E-state index contributed by atoms with van der Waals surface area (Å²) in [4.78, 5) is 56.9. The van der Waals surface area contributed by atoms with E-state index in [0.29, 0.717) is 11.3 Å². The summed E-state index contributed by atoms with van der Waals surface area (Å²) in [5.74, 6) is -1.44. The van der Waals surface area contributed by atoms with Crippen LogP contribution in [0.2, 0.25) is 0 Å². The molecule has 0 saturated carbocycles. The van der Waals surface area contributed by atoms with Crippen molar-refractivity contribution in [1.82, 2.24) is 15.2 Å². The zero-order valence-electron chi connectivity index (χ0n) is 20.2. The Balaban J connectivity index is 1.62. The zero-order valence-corrected chi connectivity index (χ0v) is 21.0. The maximum atomic E-state index is 13.5. The number of hydrogen-bond acceptors (Lipinski definition) is 8. The van der Waals surface area contributed by atoms with E-state index in [1.807, 2.05) is 30.3 Å². The van der Waals surface area contributed by atoms with E-state index in [1.54, 1.807) is 31.2 Å². The largest absolute Gasteiger partial charge is 0.491 e. The molecule has 3 aromatic rings. The van der Waals surface area contributed by atoms with Crippen molar-refractivity contribution in [2.24, 2.45) is 0 Å². The zero-order chi connectivity index (χ0) is 26.5. The molecule has 2 aromatic carbocycles. The van der Waals surface area contributed by atoms with Gasteiger partial charge in [-0.25, -0.2) is 14.7 Å². The number of Topliss-reactive ketones (excluding diaryl/α,β-unsaturated/α-hetero) is 1. The molecule has 0 spiro atoms. The van der Waals surface area contributed by atoms with Gasteiger partial charge < -0.3 is 20.5 Å². The van der Waals surface area contributed by atoms with Gasteiger partial charge in [0.25, 0.3) is 5.91 Å². The van der Waals surface area contributed by atoms with Crippen LogP contribution in [0.1, 0.15) is 47.4 Å². The molecule has 3 N–H and O–H groups in total. The number of urea groups is 1. The molecule has 4 rings (SSSR count). The van der Waals surface area contributed by atoms with E-state index in [1.165, 1.54) is 12.3 Å². The molecule has 3 atom stereocenters. The minimum Gasteiger partial charge on any atom is -0.491 e. The molecule has 0 radical (unpaired) electrons. The number of anilines is 1. The van der Waals surface area contributed by atoms with Crippen LogP contribution in [0.5, 0.6) is 5.75 Å². The van der Waals surface area contributed by atoms with E-state index >= 15 is 0 Å². The number of hydrogen-bond donors (Lipinski definition) is 3. The highest BCUT2D eigenvalue weighted by Crippen LogP contribution is 2.32. The molecule has 1 aliphatic rings. The molecule has 2 heterocycles. The number of ether oxygens (including phenoxy) is 1. The molecule has 10 nitrogen and oxygen atoms in total. The number of rotatable bonds is 10. The van der Waals surface area contributed by atoms with Gasteiger partial charge in [0.05, 0.1) is 6.61 Å². The summed E-state index contributed by atoms with van der Waals surface area (Å²) in [6.07, 6.45) is 0. The molecule has 1 aromatic heterocycles. The lowest BCUT2D eigenvalue weighted by Crippen LogP contribution is -2.50. The molecule has 37 heavy (non-hydrogen) atoms. The van der Waals surface area contributed by atoms with Crippen LogP contribution in [0.15, 0.2) is 60.0 Å². The number of nitrogens with one attached hydrogen (secondary N) is 2. The fraction of sp³-hybridized carbons (Fsp3) is 0.269. The number of aliphatic hydroxyl groups excluding tert-OH is 1. The molecule has 1 unspecified atom stereocenters. The second kappa shape index (κ2) is 11.3. The van der Waals surface area contributed by atoms with Crippen molar-refractivity contribution in [3.63, 3.8) is 0 Å². The van der Waals surface area contributed by atoms with Gasteiger partial charge in [0.15, 0.2) is 10.9 Å². The highest BCUT2D eigenvalue weighted by molar-refractivity contribution is 7.14. The number of amides is 4. The highest BCUT2D eigenvalue weighted by atomic mass is 32.1. The lowest BCUT2D eigenvalue weighted by atomic mass is 9.91. The summed E-state index contributed by atoms with van der Waals surface area (Å²) in [5.41, 5.74) is 1.50. The first-order valence-corrected chi connectivity index (χ1v) is 12.5. The molecule has 11 heteroatoms. The Kier molecular flexibility index (Phi) is 7.95. The van der Waals surface area contributed by atoms with Crippen LogP contribution in [0.3, 0.4) is 0 Å². The summed E-state index contributed by atoms with van der Waals surface area (Å²) in [6.45, 7) is 3.14. The van der Waals surface area contributed by atoms with E-state index in [9.17, 15) is 19.2 Å². The first-order chi connectivity index (χ1) is 17.8. The second-order valence-corrected chi connectivity index (χ2v) is 9.32. The van der Waals surface area contributed by atoms with Crippen molar-refractivity contribution in [3.05, 3.63) is 76.8 Å². The van der Waals surface area contributed by atoms with Gasteiger partial charge in [0, 0.05) is 18.2 Å². The van der Waals surface area contributed by atoms with Crippen molar-refractivity contribution in [1.29, 1.82) is 0 Å². The Morgan fingerprint density at radius 1 is 1.16 bits per heavy atom. The van der Waals surface area contributed by atoms with E-state index < -0.39 is 35.8 Å². The Labute approximate surface area is 217 Å². The normalized spacial score (nSPS) is 16.7. The molecular weight excluding hydrogens is 496 g/mol. The van der Waals surface area contributed by atoms with E-state index in [0.717, 1.165) is 21.8 Å². The van der Waals surface area contributed by atoms with Crippen LogP contribution in [-0.4, -0.2) is 57.9 Å². The van der Waals surface area contributed by atoms with E-state index in [2.05, 4.69) is 15.6 Å². The number of nitrogens with zero attached hydrogens (tertiary/aromatic N) is 2. The number of aromatic nitrogens is 1. The van der Waals surface area contributed by atoms with E-state index in [4.69, 9.17) is 9.84 Å². The van der Waals surface area contributed by atoms with Gasteiger partial charge in [-0.3, -0.25) is 14.4 Å². The second-order valence-electron chi connectivity index (χ2n) is 8.46. The summed E-state index contributed by atoms with van der Waals surface area (Å²) < 4.78 is 5.35. The van der Waals surface area contributed by atoms with Gasteiger partial charge in [-0.05, 0) is 23.3 Å². The minimum atomic E-state index is -1.18. The van der Waals surface area contributed by atoms with Gasteiger partial charge >= 0.3 is 6.03 Å². The summed E-state index contributed by atoms with van der Waals surface area (Å²) in [5, 5.41) is 16.0. The van der Waals surface area contributed by atoms with Crippen molar-refractivity contribution in [2.75, 3.05) is 18.5 Å². The summed E-state index contributed by atoms with van der Waals surface area (Å²) in [7, 11) is 0. The Bertz CT molecular complexity index is 1290. The SMILES string of the molecule is CC(=O)c1csc(NC(=O)[C@H]([C@@H](C)c2ccccc2)N2C(=O)NC(c3ccc(OCCO)cc3)C2=O)n1. The third-order valence-electron chi connectivity index (χ3n) is 5.99. The molecule has 0 bridgehead atoms. The molecule has 1 aliphatic heterocycles. The number of carbonyl (C=O) groups is 4. The third kappa shape index (κ3) is 5.68. The first-order valence-electron chi connectivity index (χ1n) is 11.6. The maximum Gasteiger partial charge on any atom is 0.325 e. The fourth-order valence-electron chi connectivity index (χ4n) is 4.08. The van der Waals surface area contributed by atoms with Gasteiger partial charge in [-0.15, -0.1) is 11.3 Å². The van der Waals surface area contributed by atoms with Crippen molar-refractivity contribution in [2.45, 2.75) is 31.8 Å². The number of aliphatic hydroxyl groups is 1. The topological polar surface area (TPSA) is 138 Å². The molecule has 1 saturated heterocycles.